The van der Waals surface area contributed by atoms with Gasteiger partial charge in [0.05, 0.1) is 24.2 Å². The van der Waals surface area contributed by atoms with Crippen molar-refractivity contribution < 1.29 is 22.6 Å². The average molecular weight is 516 g/mol. The number of likely N-dealkylation sites (tertiary alicyclic amines) is 1. The Morgan fingerprint density at radius 3 is 2.59 bits per heavy atom. The van der Waals surface area contributed by atoms with E-state index in [2.05, 4.69) is 20.2 Å². The molecule has 1 aliphatic carbocycles. The second kappa shape index (κ2) is 9.89. The lowest BCUT2D eigenvalue weighted by molar-refractivity contribution is -0.137. The van der Waals surface area contributed by atoms with Crippen LogP contribution in [0.2, 0.25) is 0 Å². The van der Waals surface area contributed by atoms with Gasteiger partial charge in [-0.15, -0.1) is 0 Å². The smallest absolute Gasteiger partial charge is 0.416 e. The number of halogens is 3. The van der Waals surface area contributed by atoms with Crippen LogP contribution in [0.25, 0.3) is 10.9 Å². The van der Waals surface area contributed by atoms with Gasteiger partial charge in [-0.1, -0.05) is 0 Å². The Balaban J connectivity index is 1.44. The zero-order chi connectivity index (χ0) is 26.3. The lowest BCUT2D eigenvalue weighted by Crippen LogP contribution is -2.35. The molecule has 1 aliphatic heterocycles. The van der Waals surface area contributed by atoms with Gasteiger partial charge in [-0.05, 0) is 75.9 Å². The highest BCUT2D eigenvalue weighted by Gasteiger charge is 2.37. The van der Waals surface area contributed by atoms with E-state index < -0.39 is 17.8 Å². The van der Waals surface area contributed by atoms with Crippen molar-refractivity contribution in [3.8, 4) is 11.5 Å². The average Bonchev–Trinajstić information content (AvgIpc) is 3.58. The molecule has 1 aromatic heterocycles. The van der Waals surface area contributed by atoms with Crippen molar-refractivity contribution in [1.29, 1.82) is 0 Å². The van der Waals surface area contributed by atoms with Crippen molar-refractivity contribution >= 4 is 22.4 Å². The molecule has 2 atom stereocenters. The molecule has 0 unspecified atom stereocenters. The van der Waals surface area contributed by atoms with E-state index in [-0.39, 0.29) is 5.69 Å². The molecule has 3 N–H and O–H groups in total. The third kappa shape index (κ3) is 5.53. The fraction of sp³-hybridized carbons (Fsp3) is 0.481. The largest absolute Gasteiger partial charge is 0.493 e. The molecule has 7 nitrogen and oxygen atoms in total. The van der Waals surface area contributed by atoms with E-state index in [9.17, 15) is 13.2 Å². The molecule has 3 aromatic rings. The number of nitrogens with two attached hydrogens (primary N) is 1. The van der Waals surface area contributed by atoms with Gasteiger partial charge in [-0.2, -0.15) is 13.2 Å². The molecule has 37 heavy (non-hydrogen) atoms. The van der Waals surface area contributed by atoms with Gasteiger partial charge in [0, 0.05) is 29.2 Å². The monoisotopic (exact) mass is 515 g/mol. The Bertz CT molecular complexity index is 1300. The van der Waals surface area contributed by atoms with Gasteiger partial charge in [-0.25, -0.2) is 9.97 Å². The minimum absolute atomic E-state index is 0.0507. The van der Waals surface area contributed by atoms with Gasteiger partial charge in [0.1, 0.15) is 18.2 Å². The highest BCUT2D eigenvalue weighted by atomic mass is 19.4. The number of nitrogens with zero attached hydrogens (tertiary/aromatic N) is 3. The summed E-state index contributed by atoms with van der Waals surface area (Å²) in [5.41, 5.74) is 6.10. The molecule has 0 bridgehead atoms. The Hall–Kier alpha value is -3.27. The molecule has 2 heterocycles. The number of ether oxygens (including phenoxy) is 2. The summed E-state index contributed by atoms with van der Waals surface area (Å²) in [5.74, 6) is 2.18. The number of alkyl halides is 3. The number of benzene rings is 2. The summed E-state index contributed by atoms with van der Waals surface area (Å²) in [6.45, 7) is 5.22. The summed E-state index contributed by atoms with van der Waals surface area (Å²) < 4.78 is 51.9. The lowest BCUT2D eigenvalue weighted by Gasteiger charge is -2.25. The maximum Gasteiger partial charge on any atom is 0.416 e. The fourth-order valence-corrected chi connectivity index (χ4v) is 5.12. The molecule has 2 aliphatic rings. The molecule has 198 valence electrons. The molecule has 1 saturated heterocycles. The van der Waals surface area contributed by atoms with E-state index in [4.69, 9.17) is 15.2 Å². The van der Waals surface area contributed by atoms with Crippen LogP contribution in [-0.4, -0.2) is 47.2 Å². The van der Waals surface area contributed by atoms with Gasteiger partial charge in [-0.3, -0.25) is 4.90 Å². The molecular weight excluding hydrogens is 483 g/mol. The summed E-state index contributed by atoms with van der Waals surface area (Å²) in [7, 11) is 1.59. The summed E-state index contributed by atoms with van der Waals surface area (Å²) in [6.07, 6.45) is 0.325. The van der Waals surface area contributed by atoms with Crippen LogP contribution in [0.5, 0.6) is 11.5 Å². The van der Waals surface area contributed by atoms with Crippen molar-refractivity contribution in [1.82, 2.24) is 14.9 Å². The van der Waals surface area contributed by atoms with Gasteiger partial charge in [0.25, 0.3) is 0 Å². The predicted octanol–water partition coefficient (Wildman–Crippen LogP) is 5.73. The van der Waals surface area contributed by atoms with Crippen molar-refractivity contribution in [2.75, 3.05) is 31.3 Å². The maximum absolute atomic E-state index is 13.3. The van der Waals surface area contributed by atoms with E-state index in [1.807, 2.05) is 12.1 Å². The number of anilines is 2. The van der Waals surface area contributed by atoms with Crippen LogP contribution in [0.4, 0.5) is 24.7 Å². The lowest BCUT2D eigenvalue weighted by atomic mass is 10.0. The van der Waals surface area contributed by atoms with Crippen LogP contribution in [0, 0.1) is 6.92 Å². The number of fused-ring (bicyclic) bond motifs is 1. The van der Waals surface area contributed by atoms with E-state index in [1.165, 1.54) is 25.3 Å². The fourth-order valence-electron chi connectivity index (χ4n) is 5.12. The number of aromatic nitrogens is 2. The van der Waals surface area contributed by atoms with Gasteiger partial charge >= 0.3 is 6.18 Å². The number of hydrogen-bond donors (Lipinski definition) is 2. The zero-order valence-corrected chi connectivity index (χ0v) is 21.2. The Kier molecular flexibility index (Phi) is 6.78. The van der Waals surface area contributed by atoms with Crippen molar-refractivity contribution in [2.45, 2.75) is 63.8 Å². The number of aryl methyl sites for hydroxylation is 1. The quantitative estimate of drug-likeness (QED) is 0.371. The van der Waals surface area contributed by atoms with Crippen molar-refractivity contribution in [3.63, 3.8) is 0 Å². The van der Waals surface area contributed by atoms with Crippen molar-refractivity contribution in [3.05, 3.63) is 47.3 Å². The summed E-state index contributed by atoms with van der Waals surface area (Å²) in [4.78, 5) is 11.7. The Morgan fingerprint density at radius 2 is 1.89 bits per heavy atom. The number of methoxy groups -OCH3 is 1. The molecule has 1 saturated carbocycles. The van der Waals surface area contributed by atoms with Gasteiger partial charge in [0.2, 0.25) is 0 Å². The van der Waals surface area contributed by atoms with Crippen molar-refractivity contribution in [2.24, 2.45) is 0 Å². The van der Waals surface area contributed by atoms with E-state index >= 15 is 0 Å². The van der Waals surface area contributed by atoms with Crippen LogP contribution in [0.15, 0.2) is 30.3 Å². The molecule has 5 rings (SSSR count). The molecule has 10 heteroatoms. The summed E-state index contributed by atoms with van der Waals surface area (Å²) >= 11 is 0. The van der Waals surface area contributed by atoms with Crippen LogP contribution in [-0.2, 0) is 6.18 Å². The number of hydrogen-bond acceptors (Lipinski definition) is 7. The topological polar surface area (TPSA) is 85.5 Å². The number of nitrogen functional groups attached to an aromatic ring is 1. The van der Waals surface area contributed by atoms with E-state index in [0.29, 0.717) is 58.3 Å². The standard InChI is InChI=1S/C27H32F3N5O2/c1-15(17-9-18(27(28,29)30)11-19(31)10-17)32-26-22-12-25(24(36-3)13-23(22)33-16(2)34-26)37-14-21-5-4-8-35(21)20-6-7-20/h9-13,15,20-21H,4-8,14,31H2,1-3H3,(H,32,33,34)/t15-,21+/m1/s1. The second-order valence-electron chi connectivity index (χ2n) is 9.97. The molecule has 0 radical (unpaired) electrons. The molecule has 0 amide bonds. The first-order valence-corrected chi connectivity index (χ1v) is 12.6. The molecule has 2 fully saturated rings. The first kappa shape index (κ1) is 25.4. The van der Waals surface area contributed by atoms with Gasteiger partial charge in [0.15, 0.2) is 11.5 Å². The third-order valence-corrected chi connectivity index (χ3v) is 7.12. The molecular formula is C27H32F3N5O2. The first-order valence-electron chi connectivity index (χ1n) is 12.6. The van der Waals surface area contributed by atoms with Crippen LogP contribution in [0.1, 0.15) is 55.6 Å². The summed E-state index contributed by atoms with van der Waals surface area (Å²) in [5, 5.41) is 3.95. The number of rotatable bonds is 8. The minimum atomic E-state index is -4.49. The van der Waals surface area contributed by atoms with Crippen LogP contribution >= 0.6 is 0 Å². The Morgan fingerprint density at radius 1 is 1.11 bits per heavy atom. The highest BCUT2D eigenvalue weighted by molar-refractivity contribution is 5.92. The van der Waals surface area contributed by atoms with E-state index in [0.717, 1.165) is 25.1 Å². The normalized spacial score (nSPS) is 19.2. The summed E-state index contributed by atoms with van der Waals surface area (Å²) in [6, 6.07) is 7.80. The zero-order valence-electron chi connectivity index (χ0n) is 21.2. The molecule has 0 spiro atoms. The first-order chi connectivity index (χ1) is 17.6. The third-order valence-electron chi connectivity index (χ3n) is 7.12. The van der Waals surface area contributed by atoms with Gasteiger partial charge < -0.3 is 20.5 Å². The van der Waals surface area contributed by atoms with E-state index in [1.54, 1.807) is 21.0 Å². The predicted molar refractivity (Wildman–Crippen MR) is 137 cm³/mol. The maximum atomic E-state index is 13.3. The highest BCUT2D eigenvalue weighted by Crippen LogP contribution is 2.38. The van der Waals surface area contributed by atoms with Crippen LogP contribution < -0.4 is 20.5 Å². The Labute approximate surface area is 214 Å². The number of nitrogens with one attached hydrogen (secondary N) is 1. The second-order valence-corrected chi connectivity index (χ2v) is 9.97. The minimum Gasteiger partial charge on any atom is -0.493 e. The molecule has 2 aromatic carbocycles. The SMILES string of the molecule is COc1cc2nc(C)nc(N[C@H](C)c3cc(N)cc(C(F)(F)F)c3)c2cc1OC[C@@H]1CCCN1C1CC1. The van der Waals surface area contributed by atoms with Crippen LogP contribution in [0.3, 0.4) is 0 Å².